The van der Waals surface area contributed by atoms with E-state index in [2.05, 4.69) is 10.6 Å². The number of nitrogens with one attached hydrogen (secondary N) is 2. The van der Waals surface area contributed by atoms with E-state index in [0.717, 1.165) is 21.7 Å². The summed E-state index contributed by atoms with van der Waals surface area (Å²) >= 11 is 1.47. The number of thioether (sulfide) groups is 1. The third kappa shape index (κ3) is 6.11. The first-order valence-electron chi connectivity index (χ1n) is 10.6. The summed E-state index contributed by atoms with van der Waals surface area (Å²) in [5, 5.41) is 5.50. The number of hydrogen-bond donors (Lipinski definition) is 2. The van der Waals surface area contributed by atoms with Crippen LogP contribution in [0.3, 0.4) is 0 Å². The molecule has 4 aromatic carbocycles. The maximum Gasteiger partial charge on any atom is 0.255 e. The molecule has 0 aliphatic heterocycles. The van der Waals surface area contributed by atoms with Crippen molar-refractivity contribution in [2.45, 2.75) is 17.1 Å². The van der Waals surface area contributed by atoms with Gasteiger partial charge in [-0.2, -0.15) is 0 Å². The summed E-state index contributed by atoms with van der Waals surface area (Å²) in [6.45, 7) is 1.99. The normalized spacial score (nSPS) is 11.4. The van der Waals surface area contributed by atoms with E-state index in [-0.39, 0.29) is 11.8 Å². The quantitative estimate of drug-likeness (QED) is 0.306. The Balaban J connectivity index is 1.47. The Morgan fingerprint density at radius 2 is 1.24 bits per heavy atom. The van der Waals surface area contributed by atoms with Crippen molar-refractivity contribution in [1.29, 1.82) is 0 Å². The fraction of sp³-hybridized carbons (Fsp3) is 0.0714. The molecule has 0 bridgehead atoms. The lowest BCUT2D eigenvalue weighted by Gasteiger charge is -2.17. The van der Waals surface area contributed by atoms with Crippen LogP contribution in [0.5, 0.6) is 0 Å². The smallest absolute Gasteiger partial charge is 0.255 e. The highest BCUT2D eigenvalue weighted by atomic mass is 32.2. The van der Waals surface area contributed by atoms with Crippen LogP contribution < -0.4 is 10.6 Å². The molecule has 0 spiro atoms. The number of para-hydroxylation sites is 1. The lowest BCUT2D eigenvalue weighted by Crippen LogP contribution is -2.19. The zero-order chi connectivity index (χ0) is 23.0. The Morgan fingerprint density at radius 1 is 0.667 bits per heavy atom. The number of amides is 2. The van der Waals surface area contributed by atoms with Crippen LogP contribution >= 0.6 is 11.8 Å². The van der Waals surface area contributed by atoms with Crippen molar-refractivity contribution in [2.24, 2.45) is 0 Å². The van der Waals surface area contributed by atoms with Gasteiger partial charge in [0.2, 0.25) is 5.91 Å². The van der Waals surface area contributed by atoms with Crippen LogP contribution in [0.4, 0.5) is 11.4 Å². The maximum atomic E-state index is 13.1. The van der Waals surface area contributed by atoms with Crippen LogP contribution in [0.2, 0.25) is 0 Å². The van der Waals surface area contributed by atoms with Crippen molar-refractivity contribution in [3.63, 3.8) is 0 Å². The first-order chi connectivity index (χ1) is 16.1. The van der Waals surface area contributed by atoms with Crippen LogP contribution in [0.15, 0.2) is 114 Å². The third-order valence-electron chi connectivity index (χ3n) is 5.06. The van der Waals surface area contributed by atoms with Crippen molar-refractivity contribution < 1.29 is 9.59 Å². The topological polar surface area (TPSA) is 58.2 Å². The van der Waals surface area contributed by atoms with Crippen LogP contribution in [-0.4, -0.2) is 11.8 Å². The van der Waals surface area contributed by atoms with E-state index in [4.69, 9.17) is 0 Å². The number of aryl methyl sites for hydroxylation is 1. The van der Waals surface area contributed by atoms with Gasteiger partial charge >= 0.3 is 0 Å². The first kappa shape index (κ1) is 22.4. The molecular weight excluding hydrogens is 428 g/mol. The minimum atomic E-state index is -0.417. The Morgan fingerprint density at radius 3 is 1.88 bits per heavy atom. The number of anilines is 2. The van der Waals surface area contributed by atoms with Gasteiger partial charge < -0.3 is 10.6 Å². The standard InChI is InChI=1S/C28H24N2O2S/c1-20-12-14-22(15-13-20)27(31)29-24-16-18-25(19-17-24)33-26(21-8-4-2-5-9-21)28(32)30-23-10-6-3-7-11-23/h2-19,26H,1H3,(H,29,31)(H,30,32). The summed E-state index contributed by atoms with van der Waals surface area (Å²) < 4.78 is 0. The molecule has 0 aliphatic rings. The van der Waals surface area contributed by atoms with E-state index in [0.29, 0.717) is 11.3 Å². The van der Waals surface area contributed by atoms with Gasteiger partial charge in [-0.25, -0.2) is 0 Å². The first-order valence-corrected chi connectivity index (χ1v) is 11.5. The molecule has 0 aromatic heterocycles. The van der Waals surface area contributed by atoms with Crippen molar-refractivity contribution in [2.75, 3.05) is 10.6 Å². The summed E-state index contributed by atoms with van der Waals surface area (Å²) in [5.74, 6) is -0.242. The van der Waals surface area contributed by atoms with Gasteiger partial charge in [0.25, 0.3) is 5.91 Å². The maximum absolute atomic E-state index is 13.1. The van der Waals surface area contributed by atoms with E-state index >= 15 is 0 Å². The minimum absolute atomic E-state index is 0.0887. The minimum Gasteiger partial charge on any atom is -0.325 e. The van der Waals surface area contributed by atoms with Crippen molar-refractivity contribution in [3.05, 3.63) is 126 Å². The lowest BCUT2D eigenvalue weighted by molar-refractivity contribution is -0.115. The molecule has 1 unspecified atom stereocenters. The Bertz CT molecular complexity index is 1210. The predicted octanol–water partition coefficient (Wildman–Crippen LogP) is 6.72. The number of benzene rings is 4. The molecule has 0 radical (unpaired) electrons. The Labute approximate surface area is 198 Å². The molecule has 0 aliphatic carbocycles. The van der Waals surface area contributed by atoms with Crippen molar-refractivity contribution in [1.82, 2.24) is 0 Å². The van der Waals surface area contributed by atoms with E-state index in [1.807, 2.05) is 116 Å². The molecule has 5 heteroatoms. The molecule has 2 N–H and O–H groups in total. The molecular formula is C28H24N2O2S. The second-order valence-corrected chi connectivity index (χ2v) is 8.79. The summed E-state index contributed by atoms with van der Waals surface area (Å²) in [7, 11) is 0. The molecule has 0 heterocycles. The average Bonchev–Trinajstić information content (AvgIpc) is 2.85. The summed E-state index contributed by atoms with van der Waals surface area (Å²) in [4.78, 5) is 26.5. The summed E-state index contributed by atoms with van der Waals surface area (Å²) in [6.07, 6.45) is 0. The van der Waals surface area contributed by atoms with Gasteiger partial charge in [0.05, 0.1) is 0 Å². The summed E-state index contributed by atoms with van der Waals surface area (Å²) in [6, 6.07) is 34.2. The lowest BCUT2D eigenvalue weighted by atomic mass is 10.1. The molecule has 0 saturated heterocycles. The largest absolute Gasteiger partial charge is 0.325 e. The van der Waals surface area contributed by atoms with Crippen molar-refractivity contribution >= 4 is 35.0 Å². The number of rotatable bonds is 7. The molecule has 0 saturated carbocycles. The molecule has 4 nitrogen and oxygen atoms in total. The van der Waals surface area contributed by atoms with E-state index in [1.54, 1.807) is 0 Å². The van der Waals surface area contributed by atoms with Gasteiger partial charge in [-0.05, 0) is 61.0 Å². The Kier molecular flexibility index (Phi) is 7.22. The molecule has 1 atom stereocenters. The highest BCUT2D eigenvalue weighted by molar-refractivity contribution is 8.00. The predicted molar refractivity (Wildman–Crippen MR) is 136 cm³/mol. The zero-order valence-electron chi connectivity index (χ0n) is 18.2. The third-order valence-corrected chi connectivity index (χ3v) is 6.33. The SMILES string of the molecule is Cc1ccc(C(=O)Nc2ccc(SC(C(=O)Nc3ccccc3)c3ccccc3)cc2)cc1. The molecule has 4 aromatic rings. The fourth-order valence-electron chi connectivity index (χ4n) is 3.29. The second-order valence-electron chi connectivity index (χ2n) is 7.61. The van der Waals surface area contributed by atoms with Crippen LogP contribution in [0.25, 0.3) is 0 Å². The number of carbonyl (C=O) groups is 2. The van der Waals surface area contributed by atoms with Crippen molar-refractivity contribution in [3.8, 4) is 0 Å². The fourth-order valence-corrected chi connectivity index (χ4v) is 4.32. The zero-order valence-corrected chi connectivity index (χ0v) is 19.0. The average molecular weight is 453 g/mol. The van der Waals surface area contributed by atoms with E-state index in [9.17, 15) is 9.59 Å². The molecule has 33 heavy (non-hydrogen) atoms. The molecule has 164 valence electrons. The Hall–Kier alpha value is -3.83. The van der Waals surface area contributed by atoms with Gasteiger partial charge in [-0.3, -0.25) is 9.59 Å². The van der Waals surface area contributed by atoms with Crippen LogP contribution in [0.1, 0.15) is 26.7 Å². The van der Waals surface area contributed by atoms with E-state index in [1.165, 1.54) is 11.8 Å². The highest BCUT2D eigenvalue weighted by Crippen LogP contribution is 2.36. The highest BCUT2D eigenvalue weighted by Gasteiger charge is 2.22. The van der Waals surface area contributed by atoms with Gasteiger partial charge in [0.1, 0.15) is 5.25 Å². The van der Waals surface area contributed by atoms with Crippen LogP contribution in [0, 0.1) is 6.92 Å². The van der Waals surface area contributed by atoms with Gasteiger partial charge in [-0.15, -0.1) is 11.8 Å². The molecule has 4 rings (SSSR count). The number of carbonyl (C=O) groups excluding carboxylic acids is 2. The van der Waals surface area contributed by atoms with Gasteiger partial charge in [0.15, 0.2) is 0 Å². The summed E-state index contributed by atoms with van der Waals surface area (Å²) in [5.41, 5.74) is 4.11. The molecule has 0 fully saturated rings. The van der Waals surface area contributed by atoms with Crippen LogP contribution in [-0.2, 0) is 4.79 Å². The van der Waals surface area contributed by atoms with E-state index < -0.39 is 5.25 Å². The second kappa shape index (κ2) is 10.7. The van der Waals surface area contributed by atoms with Gasteiger partial charge in [-0.1, -0.05) is 66.2 Å². The van der Waals surface area contributed by atoms with Gasteiger partial charge in [0, 0.05) is 21.8 Å². The number of hydrogen-bond acceptors (Lipinski definition) is 3. The monoisotopic (exact) mass is 452 g/mol. The molecule has 2 amide bonds.